The second kappa shape index (κ2) is 8.08. The summed E-state index contributed by atoms with van der Waals surface area (Å²) in [6.07, 6.45) is 3.46. The van der Waals surface area contributed by atoms with Crippen LogP contribution in [0.3, 0.4) is 0 Å². The zero-order valence-electron chi connectivity index (χ0n) is 20.5. The molecule has 1 saturated heterocycles. The van der Waals surface area contributed by atoms with Crippen molar-refractivity contribution in [3.05, 3.63) is 77.4 Å². The van der Waals surface area contributed by atoms with Crippen LogP contribution in [0.15, 0.2) is 70.6 Å². The Hall–Kier alpha value is -3.35. The molecule has 1 fully saturated rings. The molecular formula is C30H30N4O2. The monoisotopic (exact) mass is 478 g/mol. The summed E-state index contributed by atoms with van der Waals surface area (Å²) in [5.41, 5.74) is 4.76. The highest BCUT2D eigenvalue weighted by molar-refractivity contribution is 6.11. The molecule has 6 heteroatoms. The van der Waals surface area contributed by atoms with Gasteiger partial charge in [0.05, 0.1) is 24.1 Å². The molecule has 36 heavy (non-hydrogen) atoms. The third kappa shape index (κ3) is 3.07. The van der Waals surface area contributed by atoms with E-state index in [9.17, 15) is 9.90 Å². The smallest absolute Gasteiger partial charge is 0.238 e. The second-order valence-corrected chi connectivity index (χ2v) is 10.8. The first-order chi connectivity index (χ1) is 17.6. The Balaban J connectivity index is 1.14. The van der Waals surface area contributed by atoms with Crippen molar-refractivity contribution in [2.45, 2.75) is 49.8 Å². The summed E-state index contributed by atoms with van der Waals surface area (Å²) in [6, 6.07) is 21.0. The molecule has 1 aliphatic carbocycles. The summed E-state index contributed by atoms with van der Waals surface area (Å²) in [7, 11) is 0. The zero-order chi connectivity index (χ0) is 24.4. The highest BCUT2D eigenvalue weighted by Crippen LogP contribution is 2.49. The Labute approximate surface area is 211 Å². The molecule has 0 bridgehead atoms. The number of rotatable bonds is 4. The first-order valence-corrected chi connectivity index (χ1v) is 13.0. The molecule has 0 spiro atoms. The highest BCUT2D eigenvalue weighted by atomic mass is 16.3. The Kier molecular flexibility index (Phi) is 4.92. The van der Waals surface area contributed by atoms with E-state index in [0.29, 0.717) is 13.0 Å². The van der Waals surface area contributed by atoms with Gasteiger partial charge in [-0.25, -0.2) is 4.99 Å². The van der Waals surface area contributed by atoms with Crippen molar-refractivity contribution in [3.63, 3.8) is 0 Å². The summed E-state index contributed by atoms with van der Waals surface area (Å²) in [5.74, 6) is 0.176. The minimum Gasteiger partial charge on any atom is -0.386 e. The Morgan fingerprint density at radius 1 is 1.00 bits per heavy atom. The van der Waals surface area contributed by atoms with Crippen LogP contribution in [0.25, 0.3) is 10.8 Å². The van der Waals surface area contributed by atoms with E-state index in [1.807, 2.05) is 18.2 Å². The minimum atomic E-state index is -0.612. The number of hydrogen-bond donors (Lipinski definition) is 1. The number of aliphatic hydroxyl groups is 1. The topological polar surface area (TPSA) is 68.5 Å². The molecule has 182 valence electrons. The van der Waals surface area contributed by atoms with Gasteiger partial charge in [0.25, 0.3) is 0 Å². The van der Waals surface area contributed by atoms with Crippen LogP contribution in [-0.2, 0) is 10.2 Å². The fraction of sp³-hybridized carbons (Fsp3) is 0.367. The molecule has 3 aromatic rings. The van der Waals surface area contributed by atoms with Gasteiger partial charge in [-0.05, 0) is 53.3 Å². The van der Waals surface area contributed by atoms with Crippen molar-refractivity contribution >= 4 is 34.4 Å². The SMILES string of the molecule is CC1(CC2=NC=NC2)C(=O)N(C2CCN(C3c4cccc5cccc(c45)C3O)CC2)c2ccccc21. The van der Waals surface area contributed by atoms with Crippen LogP contribution >= 0.6 is 0 Å². The highest BCUT2D eigenvalue weighted by Gasteiger charge is 2.50. The number of benzene rings is 3. The average Bonchev–Trinajstić information content (AvgIpc) is 3.57. The lowest BCUT2D eigenvalue weighted by atomic mass is 9.79. The van der Waals surface area contributed by atoms with Crippen molar-refractivity contribution in [3.8, 4) is 0 Å². The van der Waals surface area contributed by atoms with Crippen LogP contribution < -0.4 is 4.90 Å². The lowest BCUT2D eigenvalue weighted by molar-refractivity contribution is -0.123. The summed E-state index contributed by atoms with van der Waals surface area (Å²) >= 11 is 0. The molecule has 3 aliphatic heterocycles. The summed E-state index contributed by atoms with van der Waals surface area (Å²) in [6.45, 7) is 4.35. The summed E-state index contributed by atoms with van der Waals surface area (Å²) < 4.78 is 0. The summed E-state index contributed by atoms with van der Waals surface area (Å²) in [4.78, 5) is 27.1. The molecule has 0 saturated carbocycles. The number of amides is 1. The predicted molar refractivity (Wildman–Crippen MR) is 143 cm³/mol. The van der Waals surface area contributed by atoms with Gasteiger partial charge in [-0.1, -0.05) is 54.6 Å². The molecule has 1 amide bonds. The number of fused-ring (bicyclic) bond motifs is 1. The normalized spacial score (nSPS) is 27.8. The predicted octanol–water partition coefficient (Wildman–Crippen LogP) is 4.57. The van der Waals surface area contributed by atoms with E-state index >= 15 is 0 Å². The van der Waals surface area contributed by atoms with Crippen molar-refractivity contribution in [1.29, 1.82) is 0 Å². The third-order valence-corrected chi connectivity index (χ3v) is 8.77. The van der Waals surface area contributed by atoms with E-state index in [2.05, 4.69) is 69.2 Å². The molecule has 6 nitrogen and oxygen atoms in total. The van der Waals surface area contributed by atoms with Crippen molar-refractivity contribution in [2.75, 3.05) is 24.5 Å². The number of aliphatic hydroxyl groups excluding tert-OH is 1. The minimum absolute atomic E-state index is 0.0285. The van der Waals surface area contributed by atoms with Gasteiger partial charge in [0.15, 0.2) is 0 Å². The van der Waals surface area contributed by atoms with E-state index in [0.717, 1.165) is 48.5 Å². The van der Waals surface area contributed by atoms with Gasteiger partial charge >= 0.3 is 0 Å². The lowest BCUT2D eigenvalue weighted by Gasteiger charge is -2.41. The Morgan fingerprint density at radius 3 is 2.50 bits per heavy atom. The van der Waals surface area contributed by atoms with Crippen LogP contribution in [-0.4, -0.2) is 53.6 Å². The van der Waals surface area contributed by atoms with Crippen LogP contribution in [0.4, 0.5) is 5.69 Å². The second-order valence-electron chi connectivity index (χ2n) is 10.8. The fourth-order valence-corrected chi connectivity index (χ4v) is 7.04. The molecule has 3 unspecified atom stereocenters. The molecular weight excluding hydrogens is 448 g/mol. The standard InChI is InChI=1S/C30H30N4O2/c1-30(16-20-17-31-18-32-20)24-10-2-3-11-25(24)34(29(30)36)21-12-14-33(15-13-21)27-22-8-4-6-19-7-5-9-23(26(19)22)28(27)35/h2-11,18,21,27-28,35H,12-17H2,1H3. The number of carbonyl (C=O) groups is 1. The zero-order valence-corrected chi connectivity index (χ0v) is 20.5. The van der Waals surface area contributed by atoms with Gasteiger partial charge in [-0.2, -0.15) is 0 Å². The maximum absolute atomic E-state index is 14.0. The molecule has 0 aromatic heterocycles. The van der Waals surface area contributed by atoms with Crippen LogP contribution in [0.1, 0.15) is 55.0 Å². The van der Waals surface area contributed by atoms with Gasteiger partial charge < -0.3 is 10.0 Å². The fourth-order valence-electron chi connectivity index (χ4n) is 7.04. The maximum Gasteiger partial charge on any atom is 0.238 e. The first kappa shape index (κ1) is 21.9. The molecule has 4 aliphatic rings. The van der Waals surface area contributed by atoms with Gasteiger partial charge in [0.1, 0.15) is 6.34 Å². The van der Waals surface area contributed by atoms with E-state index in [-0.39, 0.29) is 18.0 Å². The van der Waals surface area contributed by atoms with Crippen molar-refractivity contribution < 1.29 is 9.90 Å². The molecule has 3 heterocycles. The molecule has 1 N–H and O–H groups in total. The number of para-hydroxylation sites is 1. The summed E-state index contributed by atoms with van der Waals surface area (Å²) in [5, 5.41) is 13.7. The Bertz CT molecular complexity index is 1430. The molecule has 3 aromatic carbocycles. The Morgan fingerprint density at radius 2 is 1.75 bits per heavy atom. The molecule has 0 radical (unpaired) electrons. The van der Waals surface area contributed by atoms with Gasteiger partial charge in [0, 0.05) is 37.0 Å². The average molecular weight is 479 g/mol. The number of aliphatic imine (C=N–C) groups is 2. The maximum atomic E-state index is 14.0. The molecule has 3 atom stereocenters. The first-order valence-electron chi connectivity index (χ1n) is 13.0. The van der Waals surface area contributed by atoms with Gasteiger partial charge in [0.2, 0.25) is 5.91 Å². The van der Waals surface area contributed by atoms with Crippen molar-refractivity contribution in [2.24, 2.45) is 9.98 Å². The van der Waals surface area contributed by atoms with Crippen LogP contribution in [0.5, 0.6) is 0 Å². The van der Waals surface area contributed by atoms with Gasteiger partial charge in [-0.3, -0.25) is 14.7 Å². The number of nitrogens with zero attached hydrogens (tertiary/aromatic N) is 4. The molecule has 7 rings (SSSR count). The van der Waals surface area contributed by atoms with Gasteiger partial charge in [-0.15, -0.1) is 0 Å². The lowest BCUT2D eigenvalue weighted by Crippen LogP contribution is -2.50. The number of piperidine rings is 1. The van der Waals surface area contributed by atoms with E-state index in [1.54, 1.807) is 6.34 Å². The number of anilines is 1. The third-order valence-electron chi connectivity index (χ3n) is 8.77. The number of hydrogen-bond acceptors (Lipinski definition) is 5. The van der Waals surface area contributed by atoms with E-state index in [4.69, 9.17) is 0 Å². The van der Waals surface area contributed by atoms with Crippen molar-refractivity contribution in [1.82, 2.24) is 4.90 Å². The largest absolute Gasteiger partial charge is 0.386 e. The van der Waals surface area contributed by atoms with E-state index < -0.39 is 11.5 Å². The quantitative estimate of drug-likeness (QED) is 0.597. The number of carbonyl (C=O) groups excluding carboxylic acids is 1. The van der Waals surface area contributed by atoms with Crippen LogP contribution in [0, 0.1) is 0 Å². The van der Waals surface area contributed by atoms with Crippen LogP contribution in [0.2, 0.25) is 0 Å². The van der Waals surface area contributed by atoms with E-state index in [1.165, 1.54) is 16.3 Å². The number of likely N-dealkylation sites (tertiary alicyclic amines) is 1.